The van der Waals surface area contributed by atoms with Gasteiger partial charge in [-0.25, -0.2) is 0 Å². The fraction of sp³-hybridized carbons (Fsp3) is 0.947. The van der Waals surface area contributed by atoms with Crippen LogP contribution in [0.1, 0.15) is 97.3 Å². The highest BCUT2D eigenvalue weighted by atomic mass is 16.1. The maximum Gasteiger partial charge on any atom is 0.217 e. The van der Waals surface area contributed by atoms with Gasteiger partial charge in [0.15, 0.2) is 0 Å². The average Bonchev–Trinajstić information content (AvgIpc) is 2.51. The first-order chi connectivity index (χ1) is 10.7. The van der Waals surface area contributed by atoms with Crippen molar-refractivity contribution in [1.82, 2.24) is 4.90 Å². The van der Waals surface area contributed by atoms with Crippen LogP contribution in [-0.4, -0.2) is 30.4 Å². The Morgan fingerprint density at radius 2 is 1.05 bits per heavy atom. The Hall–Kier alpha value is -0.570. The summed E-state index contributed by atoms with van der Waals surface area (Å²) in [4.78, 5) is 13.1. The van der Waals surface area contributed by atoms with Crippen LogP contribution in [0.2, 0.25) is 0 Å². The summed E-state index contributed by atoms with van der Waals surface area (Å²) >= 11 is 0. The predicted molar refractivity (Wildman–Crippen MR) is 97.0 cm³/mol. The number of rotatable bonds is 17. The monoisotopic (exact) mass is 312 g/mol. The Labute approximate surface area is 139 Å². The lowest BCUT2D eigenvalue weighted by Gasteiger charge is -2.17. The van der Waals surface area contributed by atoms with Gasteiger partial charge in [-0.3, -0.25) is 4.79 Å². The van der Waals surface area contributed by atoms with E-state index in [4.69, 9.17) is 5.73 Å². The molecule has 0 saturated carbocycles. The van der Waals surface area contributed by atoms with Crippen molar-refractivity contribution >= 4 is 5.91 Å². The highest BCUT2D eigenvalue weighted by molar-refractivity contribution is 5.73. The van der Waals surface area contributed by atoms with Crippen molar-refractivity contribution in [2.45, 2.75) is 97.3 Å². The lowest BCUT2D eigenvalue weighted by molar-refractivity contribution is -0.118. The summed E-state index contributed by atoms with van der Waals surface area (Å²) in [5.74, 6) is -0.155. The van der Waals surface area contributed by atoms with Gasteiger partial charge in [0.25, 0.3) is 0 Å². The van der Waals surface area contributed by atoms with Crippen molar-refractivity contribution in [3.63, 3.8) is 0 Å². The van der Waals surface area contributed by atoms with Crippen molar-refractivity contribution in [3.8, 4) is 0 Å². The standard InChI is InChI=1S/C19H40N2O/c1-3-21(4-2)18-16-14-12-10-8-6-5-7-9-11-13-15-17-19(20)22/h3-18H2,1-2H3,(H2,20,22). The minimum atomic E-state index is -0.155. The van der Waals surface area contributed by atoms with Crippen LogP contribution in [0.25, 0.3) is 0 Å². The molecule has 0 aromatic carbocycles. The summed E-state index contributed by atoms with van der Waals surface area (Å²) in [6.45, 7) is 8.17. The lowest BCUT2D eigenvalue weighted by Crippen LogP contribution is -2.23. The van der Waals surface area contributed by atoms with Crippen molar-refractivity contribution in [2.24, 2.45) is 5.73 Å². The molecule has 3 heteroatoms. The Kier molecular flexibility index (Phi) is 16.4. The van der Waals surface area contributed by atoms with E-state index < -0.39 is 0 Å². The van der Waals surface area contributed by atoms with Gasteiger partial charge in [-0.1, -0.05) is 78.1 Å². The molecule has 132 valence electrons. The molecule has 0 spiro atoms. The van der Waals surface area contributed by atoms with Gasteiger partial charge in [-0.15, -0.1) is 0 Å². The maximum atomic E-state index is 10.6. The topological polar surface area (TPSA) is 46.3 Å². The van der Waals surface area contributed by atoms with E-state index in [1.54, 1.807) is 0 Å². The van der Waals surface area contributed by atoms with E-state index >= 15 is 0 Å². The normalized spacial score (nSPS) is 11.2. The summed E-state index contributed by atoms with van der Waals surface area (Å²) in [6, 6.07) is 0. The lowest BCUT2D eigenvalue weighted by atomic mass is 10.0. The van der Waals surface area contributed by atoms with Gasteiger partial charge < -0.3 is 10.6 Å². The molecule has 0 atom stereocenters. The molecule has 0 fully saturated rings. The first-order valence-corrected chi connectivity index (χ1v) is 9.71. The smallest absolute Gasteiger partial charge is 0.217 e. The zero-order valence-corrected chi connectivity index (χ0v) is 15.2. The molecule has 0 radical (unpaired) electrons. The molecule has 0 rings (SSSR count). The molecule has 0 aromatic heterocycles. The van der Waals surface area contributed by atoms with Gasteiger partial charge in [-0.05, 0) is 32.5 Å². The van der Waals surface area contributed by atoms with Crippen LogP contribution in [0.5, 0.6) is 0 Å². The highest BCUT2D eigenvalue weighted by Crippen LogP contribution is 2.12. The predicted octanol–water partition coefficient (Wildman–Crippen LogP) is 4.88. The quantitative estimate of drug-likeness (QED) is 0.389. The number of nitrogens with two attached hydrogens (primary N) is 1. The third-order valence-corrected chi connectivity index (χ3v) is 4.54. The molecule has 3 nitrogen and oxygen atoms in total. The van der Waals surface area contributed by atoms with Gasteiger partial charge in [-0.2, -0.15) is 0 Å². The van der Waals surface area contributed by atoms with Crippen LogP contribution < -0.4 is 5.73 Å². The third kappa shape index (κ3) is 15.8. The van der Waals surface area contributed by atoms with Gasteiger partial charge in [0.2, 0.25) is 5.91 Å². The number of carbonyl (C=O) groups is 1. The van der Waals surface area contributed by atoms with Crippen molar-refractivity contribution in [3.05, 3.63) is 0 Å². The van der Waals surface area contributed by atoms with E-state index in [0.29, 0.717) is 6.42 Å². The Morgan fingerprint density at radius 1 is 0.682 bits per heavy atom. The molecule has 0 heterocycles. The summed E-state index contributed by atoms with van der Waals surface area (Å²) in [5, 5.41) is 0. The van der Waals surface area contributed by atoms with Crippen LogP contribution in [0.3, 0.4) is 0 Å². The van der Waals surface area contributed by atoms with E-state index in [-0.39, 0.29) is 5.91 Å². The summed E-state index contributed by atoms with van der Waals surface area (Å²) < 4.78 is 0. The van der Waals surface area contributed by atoms with E-state index in [1.807, 2.05) is 0 Å². The van der Waals surface area contributed by atoms with Crippen molar-refractivity contribution in [1.29, 1.82) is 0 Å². The van der Waals surface area contributed by atoms with Gasteiger partial charge in [0, 0.05) is 6.42 Å². The minimum absolute atomic E-state index is 0.155. The number of unbranched alkanes of at least 4 members (excludes halogenated alkanes) is 11. The van der Waals surface area contributed by atoms with Crippen molar-refractivity contribution < 1.29 is 4.79 Å². The Bertz CT molecular complexity index is 240. The minimum Gasteiger partial charge on any atom is -0.370 e. The maximum absolute atomic E-state index is 10.6. The number of carbonyl (C=O) groups excluding carboxylic acids is 1. The van der Waals surface area contributed by atoms with Gasteiger partial charge in [0.05, 0.1) is 0 Å². The molecule has 0 saturated heterocycles. The van der Waals surface area contributed by atoms with Crippen LogP contribution in [0.15, 0.2) is 0 Å². The average molecular weight is 313 g/mol. The largest absolute Gasteiger partial charge is 0.370 e. The molecule has 0 aliphatic rings. The van der Waals surface area contributed by atoms with Gasteiger partial charge >= 0.3 is 0 Å². The van der Waals surface area contributed by atoms with Crippen LogP contribution >= 0.6 is 0 Å². The molecule has 0 aliphatic carbocycles. The molecule has 1 amide bonds. The zero-order valence-electron chi connectivity index (χ0n) is 15.2. The summed E-state index contributed by atoms with van der Waals surface area (Å²) in [7, 11) is 0. The Balaban J connectivity index is 3.07. The first kappa shape index (κ1) is 21.4. The molecule has 2 N–H and O–H groups in total. The summed E-state index contributed by atoms with van der Waals surface area (Å²) in [5.41, 5.74) is 5.12. The highest BCUT2D eigenvalue weighted by Gasteiger charge is 1.98. The second-order valence-corrected chi connectivity index (χ2v) is 6.49. The van der Waals surface area contributed by atoms with Gasteiger partial charge in [0.1, 0.15) is 0 Å². The van der Waals surface area contributed by atoms with E-state index in [0.717, 1.165) is 12.8 Å². The fourth-order valence-corrected chi connectivity index (χ4v) is 2.94. The number of amides is 1. The second-order valence-electron chi connectivity index (χ2n) is 6.49. The fourth-order valence-electron chi connectivity index (χ4n) is 2.94. The number of nitrogens with zero attached hydrogens (tertiary/aromatic N) is 1. The van der Waals surface area contributed by atoms with Crippen LogP contribution in [-0.2, 0) is 4.79 Å². The van der Waals surface area contributed by atoms with Crippen LogP contribution in [0.4, 0.5) is 0 Å². The molecule has 0 unspecified atom stereocenters. The molecule has 22 heavy (non-hydrogen) atoms. The number of hydrogen-bond acceptors (Lipinski definition) is 2. The van der Waals surface area contributed by atoms with E-state index in [2.05, 4.69) is 18.7 Å². The second kappa shape index (κ2) is 16.8. The van der Waals surface area contributed by atoms with E-state index in [9.17, 15) is 4.79 Å². The molecule has 0 aromatic rings. The number of primary amides is 1. The molecular formula is C19H40N2O. The first-order valence-electron chi connectivity index (χ1n) is 9.71. The van der Waals surface area contributed by atoms with Crippen molar-refractivity contribution in [2.75, 3.05) is 19.6 Å². The molecular weight excluding hydrogens is 272 g/mol. The SMILES string of the molecule is CCN(CC)CCCCCCCCCCCCCCC(N)=O. The molecule has 0 bridgehead atoms. The molecule has 0 aliphatic heterocycles. The number of hydrogen-bond donors (Lipinski definition) is 1. The third-order valence-electron chi connectivity index (χ3n) is 4.54. The van der Waals surface area contributed by atoms with E-state index in [1.165, 1.54) is 83.8 Å². The zero-order chi connectivity index (χ0) is 16.5. The Morgan fingerprint density at radius 3 is 1.41 bits per heavy atom. The van der Waals surface area contributed by atoms with Crippen LogP contribution in [0, 0.1) is 0 Å². The summed E-state index contributed by atoms with van der Waals surface area (Å²) in [6.07, 6.45) is 16.4.